The van der Waals surface area contributed by atoms with Crippen LogP contribution in [0.4, 0.5) is 0 Å². The predicted molar refractivity (Wildman–Crippen MR) is 99.1 cm³/mol. The van der Waals surface area contributed by atoms with E-state index in [4.69, 9.17) is 0 Å². The first-order valence-corrected chi connectivity index (χ1v) is 11.7. The smallest absolute Gasteiger partial charge is 0.164 e. The Morgan fingerprint density at radius 2 is 1.23 bits per heavy atom. The van der Waals surface area contributed by atoms with Crippen LogP contribution in [-0.4, -0.2) is 14.2 Å². The van der Waals surface area contributed by atoms with Gasteiger partial charge in [-0.2, -0.15) is 0 Å². The summed E-state index contributed by atoms with van der Waals surface area (Å²) in [5.74, 6) is 0. The van der Waals surface area contributed by atoms with Crippen molar-refractivity contribution in [3.8, 4) is 0 Å². The molecular weight excluding hydrogens is 373 g/mol. The summed E-state index contributed by atoms with van der Waals surface area (Å²) in [6, 6.07) is 15.9. The van der Waals surface area contributed by atoms with Crippen LogP contribution in [0.15, 0.2) is 57.2 Å². The fourth-order valence-corrected chi connectivity index (χ4v) is 9.64. The van der Waals surface area contributed by atoms with E-state index in [9.17, 15) is 4.21 Å². The van der Waals surface area contributed by atoms with Gasteiger partial charge < -0.3 is 0 Å². The summed E-state index contributed by atoms with van der Waals surface area (Å²) in [4.78, 5) is 8.99. The first-order valence-electron chi connectivity index (χ1n) is 6.27. The highest BCUT2D eigenvalue weighted by Gasteiger charge is 2.13. The Bertz CT molecular complexity index is 833. The zero-order valence-corrected chi connectivity index (χ0v) is 15.0. The standard InChI is InChI=1S/C14H8N2OS5/c17-22(20-13-15-9-5-1-3-7-11(9)18-13)21-14-16-10-6-2-4-8-12(10)19-14/h1-8H. The summed E-state index contributed by atoms with van der Waals surface area (Å²) >= 11 is 3.14. The molecule has 2 aromatic carbocycles. The molecule has 110 valence electrons. The second kappa shape index (κ2) is 6.29. The molecule has 4 rings (SSSR count). The molecule has 0 aliphatic carbocycles. The number of aromatic nitrogens is 2. The molecule has 4 aromatic rings. The van der Waals surface area contributed by atoms with Crippen molar-refractivity contribution in [3.05, 3.63) is 48.5 Å². The average molecular weight is 381 g/mol. The van der Waals surface area contributed by atoms with Crippen molar-refractivity contribution in [3.63, 3.8) is 0 Å². The van der Waals surface area contributed by atoms with Crippen molar-refractivity contribution in [2.45, 2.75) is 8.68 Å². The van der Waals surface area contributed by atoms with Crippen LogP contribution in [-0.2, 0) is 8.86 Å². The quantitative estimate of drug-likeness (QED) is 0.445. The van der Waals surface area contributed by atoms with E-state index in [2.05, 4.69) is 9.97 Å². The van der Waals surface area contributed by atoms with E-state index in [0.717, 1.165) is 29.1 Å². The SMILES string of the molecule is O=S(Sc1nc2ccccc2s1)Sc1nc2ccccc2s1. The van der Waals surface area contributed by atoms with E-state index in [0.29, 0.717) is 0 Å². The van der Waals surface area contributed by atoms with Crippen LogP contribution in [0.3, 0.4) is 0 Å². The van der Waals surface area contributed by atoms with Crippen molar-refractivity contribution in [1.82, 2.24) is 9.97 Å². The fraction of sp³-hybridized carbons (Fsp3) is 0. The summed E-state index contributed by atoms with van der Waals surface area (Å²) in [6.45, 7) is 0. The third-order valence-corrected chi connectivity index (χ3v) is 9.85. The molecule has 0 atom stereocenters. The maximum atomic E-state index is 12.3. The Labute approximate surface area is 144 Å². The molecule has 0 bridgehead atoms. The first kappa shape index (κ1) is 14.6. The average Bonchev–Trinajstić information content (AvgIpc) is 3.08. The van der Waals surface area contributed by atoms with Gasteiger partial charge in [0.15, 0.2) is 17.5 Å². The van der Waals surface area contributed by atoms with Gasteiger partial charge in [-0.3, -0.25) is 0 Å². The van der Waals surface area contributed by atoms with E-state index in [1.54, 1.807) is 22.7 Å². The van der Waals surface area contributed by atoms with E-state index < -0.39 is 8.86 Å². The summed E-state index contributed by atoms with van der Waals surface area (Å²) in [6.07, 6.45) is 0. The Balaban J connectivity index is 1.52. The number of fused-ring (bicyclic) bond motifs is 2. The first-order chi connectivity index (χ1) is 10.8. The molecule has 0 radical (unpaired) electrons. The molecule has 8 heteroatoms. The summed E-state index contributed by atoms with van der Waals surface area (Å²) in [5.41, 5.74) is 1.91. The lowest BCUT2D eigenvalue weighted by Crippen LogP contribution is -1.76. The molecule has 0 fully saturated rings. The van der Waals surface area contributed by atoms with Crippen molar-refractivity contribution in [2.24, 2.45) is 0 Å². The largest absolute Gasteiger partial charge is 0.235 e. The van der Waals surface area contributed by atoms with Crippen LogP contribution in [0.2, 0.25) is 0 Å². The highest BCUT2D eigenvalue weighted by molar-refractivity contribution is 9.02. The number of nitrogens with zero attached hydrogens (tertiary/aromatic N) is 2. The van der Waals surface area contributed by atoms with E-state index in [1.165, 1.54) is 21.6 Å². The van der Waals surface area contributed by atoms with Gasteiger partial charge in [0.1, 0.15) is 0 Å². The van der Waals surface area contributed by atoms with Crippen LogP contribution >= 0.6 is 44.3 Å². The van der Waals surface area contributed by atoms with Gasteiger partial charge in [0.05, 0.1) is 20.4 Å². The fourth-order valence-electron chi connectivity index (χ4n) is 1.91. The van der Waals surface area contributed by atoms with Crippen molar-refractivity contribution < 1.29 is 4.21 Å². The number of rotatable bonds is 4. The molecule has 2 heterocycles. The molecule has 0 saturated heterocycles. The summed E-state index contributed by atoms with van der Waals surface area (Å²) < 4.78 is 16.2. The second-order valence-corrected chi connectivity index (χ2v) is 11.8. The molecular formula is C14H8N2OS5. The minimum absolute atomic E-state index is 0.827. The molecule has 0 saturated carbocycles. The number of hydrogen-bond acceptors (Lipinski definition) is 7. The lowest BCUT2D eigenvalue weighted by Gasteiger charge is -1.93. The molecule has 0 unspecified atom stereocenters. The van der Waals surface area contributed by atoms with Crippen molar-refractivity contribution >= 4 is 73.6 Å². The van der Waals surface area contributed by atoms with Crippen LogP contribution in [0, 0.1) is 0 Å². The number of para-hydroxylation sites is 2. The summed E-state index contributed by atoms with van der Waals surface area (Å²) in [5, 5.41) is 0. The van der Waals surface area contributed by atoms with Gasteiger partial charge in [-0.05, 0) is 24.3 Å². The molecule has 0 aliphatic heterocycles. The van der Waals surface area contributed by atoms with E-state index >= 15 is 0 Å². The zero-order chi connectivity index (χ0) is 14.9. The highest BCUT2D eigenvalue weighted by atomic mass is 33.5. The van der Waals surface area contributed by atoms with Gasteiger partial charge in [-0.1, -0.05) is 24.3 Å². The lowest BCUT2D eigenvalue weighted by molar-refractivity contribution is 0.699. The molecule has 2 aromatic heterocycles. The Kier molecular flexibility index (Phi) is 4.19. The van der Waals surface area contributed by atoms with Gasteiger partial charge >= 0.3 is 0 Å². The molecule has 0 aliphatic rings. The van der Waals surface area contributed by atoms with Crippen LogP contribution in [0.5, 0.6) is 0 Å². The maximum Gasteiger partial charge on any atom is 0.164 e. The number of thiazole rings is 2. The Morgan fingerprint density at radius 1 is 0.773 bits per heavy atom. The molecule has 0 amide bonds. The topological polar surface area (TPSA) is 42.9 Å². The van der Waals surface area contributed by atoms with Crippen LogP contribution in [0.1, 0.15) is 0 Å². The van der Waals surface area contributed by atoms with Crippen molar-refractivity contribution in [2.75, 3.05) is 0 Å². The second-order valence-electron chi connectivity index (χ2n) is 4.27. The van der Waals surface area contributed by atoms with Crippen LogP contribution < -0.4 is 0 Å². The molecule has 0 N–H and O–H groups in total. The van der Waals surface area contributed by atoms with Gasteiger partial charge in [0.2, 0.25) is 0 Å². The number of hydrogen-bond donors (Lipinski definition) is 0. The third kappa shape index (κ3) is 3.07. The minimum Gasteiger partial charge on any atom is -0.235 e. The van der Waals surface area contributed by atoms with Gasteiger partial charge in [-0.15, -0.1) is 22.7 Å². The number of benzene rings is 2. The van der Waals surface area contributed by atoms with Gasteiger partial charge in [0.25, 0.3) is 0 Å². The Hall–Kier alpha value is -0.930. The van der Waals surface area contributed by atoms with Crippen molar-refractivity contribution in [1.29, 1.82) is 0 Å². The monoisotopic (exact) mass is 380 g/mol. The molecule has 0 spiro atoms. The molecule has 22 heavy (non-hydrogen) atoms. The lowest BCUT2D eigenvalue weighted by atomic mass is 10.3. The zero-order valence-electron chi connectivity index (χ0n) is 11.0. The normalized spacial score (nSPS) is 11.7. The molecule has 3 nitrogen and oxygen atoms in total. The van der Waals surface area contributed by atoms with E-state index in [1.807, 2.05) is 48.5 Å². The van der Waals surface area contributed by atoms with Gasteiger partial charge in [0, 0.05) is 21.6 Å². The van der Waals surface area contributed by atoms with E-state index in [-0.39, 0.29) is 0 Å². The maximum absolute atomic E-state index is 12.3. The van der Waals surface area contributed by atoms with Crippen LogP contribution in [0.25, 0.3) is 20.4 Å². The highest BCUT2D eigenvalue weighted by Crippen LogP contribution is 2.39. The van der Waals surface area contributed by atoms with Gasteiger partial charge in [-0.25, -0.2) is 14.2 Å². The minimum atomic E-state index is -1.15. The summed E-state index contributed by atoms with van der Waals surface area (Å²) in [7, 11) is 1.42. The third-order valence-electron chi connectivity index (χ3n) is 2.83. The predicted octanol–water partition coefficient (Wildman–Crippen LogP) is 5.37. The Morgan fingerprint density at radius 3 is 1.68 bits per heavy atom.